The molecule has 25 heavy (non-hydrogen) atoms. The molecule has 1 unspecified atom stereocenters. The molecule has 0 saturated heterocycles. The predicted molar refractivity (Wildman–Crippen MR) is 95.6 cm³/mol. The number of hydrogen-bond donors (Lipinski definition) is 0. The second-order valence-corrected chi connectivity index (χ2v) is 6.87. The summed E-state index contributed by atoms with van der Waals surface area (Å²) in [4.78, 5) is 38.4. The number of benzene rings is 1. The zero-order valence-electron chi connectivity index (χ0n) is 15.4. The van der Waals surface area contributed by atoms with E-state index in [4.69, 9.17) is 0 Å². The highest BCUT2D eigenvalue weighted by atomic mass is 16.6. The quantitative estimate of drug-likeness (QED) is 0.619. The van der Waals surface area contributed by atoms with E-state index in [1.807, 2.05) is 13.8 Å². The maximum atomic E-state index is 12.3. The lowest BCUT2D eigenvalue weighted by atomic mass is 9.93. The van der Waals surface area contributed by atoms with Gasteiger partial charge in [0.15, 0.2) is 0 Å². The minimum Gasteiger partial charge on any atom is -0.338 e. The zero-order chi connectivity index (χ0) is 18.9. The summed E-state index contributed by atoms with van der Waals surface area (Å²) in [6.45, 7) is 8.98. The number of anilines is 1. The fourth-order valence-corrected chi connectivity index (χ4v) is 3.54. The van der Waals surface area contributed by atoms with Gasteiger partial charge in [0, 0.05) is 38.1 Å². The minimum atomic E-state index is -0.423. The van der Waals surface area contributed by atoms with Crippen LogP contribution in [-0.4, -0.2) is 40.3 Å². The number of nitro groups is 1. The fraction of sp³-hybridized carbons (Fsp3) is 0.556. The first-order valence-corrected chi connectivity index (χ1v) is 8.48. The van der Waals surface area contributed by atoms with Crippen LogP contribution in [0.2, 0.25) is 0 Å². The molecule has 0 bridgehead atoms. The molecule has 0 radical (unpaired) electrons. The number of fused-ring (bicyclic) bond motifs is 1. The lowest BCUT2D eigenvalue weighted by Gasteiger charge is -2.40. The molecule has 1 aliphatic rings. The molecule has 1 atom stereocenters. The first-order valence-electron chi connectivity index (χ1n) is 8.48. The van der Waals surface area contributed by atoms with Crippen LogP contribution in [-0.2, 0) is 16.0 Å². The van der Waals surface area contributed by atoms with Crippen molar-refractivity contribution < 1.29 is 14.5 Å². The number of nitro benzene ring substituents is 1. The van der Waals surface area contributed by atoms with Gasteiger partial charge in [0.1, 0.15) is 0 Å². The van der Waals surface area contributed by atoms with E-state index in [2.05, 4.69) is 0 Å². The molecule has 2 rings (SSSR count). The molecule has 0 aromatic heterocycles. The number of carbonyl (C=O) groups excluding carboxylic acids is 2. The third-order valence-corrected chi connectivity index (χ3v) is 4.74. The summed E-state index contributed by atoms with van der Waals surface area (Å²) in [6.07, 6.45) is 1.45. The normalized spacial score (nSPS) is 16.6. The van der Waals surface area contributed by atoms with Gasteiger partial charge in [0.05, 0.1) is 16.7 Å². The molecule has 0 aliphatic carbocycles. The van der Waals surface area contributed by atoms with E-state index in [1.54, 1.807) is 22.8 Å². The Kier molecular flexibility index (Phi) is 5.45. The smallest absolute Gasteiger partial charge is 0.274 e. The monoisotopic (exact) mass is 347 g/mol. The van der Waals surface area contributed by atoms with Crippen molar-refractivity contribution in [2.75, 3.05) is 11.4 Å². The molecule has 1 aliphatic heterocycles. The van der Waals surface area contributed by atoms with Gasteiger partial charge in [-0.15, -0.1) is 0 Å². The molecule has 2 amide bonds. The van der Waals surface area contributed by atoms with E-state index >= 15 is 0 Å². The highest BCUT2D eigenvalue weighted by Gasteiger charge is 2.33. The Bertz CT molecular complexity index is 715. The average molecular weight is 347 g/mol. The average Bonchev–Trinajstić information content (AvgIpc) is 2.50. The summed E-state index contributed by atoms with van der Waals surface area (Å²) >= 11 is 0. The van der Waals surface area contributed by atoms with Crippen molar-refractivity contribution in [2.24, 2.45) is 0 Å². The number of nitrogens with zero attached hydrogens (tertiary/aromatic N) is 3. The highest BCUT2D eigenvalue weighted by Crippen LogP contribution is 2.36. The topological polar surface area (TPSA) is 83.8 Å². The van der Waals surface area contributed by atoms with Gasteiger partial charge >= 0.3 is 0 Å². The maximum Gasteiger partial charge on any atom is 0.274 e. The first kappa shape index (κ1) is 18.9. The van der Waals surface area contributed by atoms with Gasteiger partial charge in [0.2, 0.25) is 11.8 Å². The molecule has 7 nitrogen and oxygen atoms in total. The number of hydrogen-bond acceptors (Lipinski definition) is 4. The van der Waals surface area contributed by atoms with Crippen molar-refractivity contribution in [3.05, 3.63) is 33.4 Å². The molecule has 136 valence electrons. The number of aryl methyl sites for hydroxylation is 2. The van der Waals surface area contributed by atoms with E-state index < -0.39 is 4.92 Å². The SMILES string of the molecule is CC(=O)N(CC1CCc2cc(C)c([N+](=O)[O-])cc2N1C(C)=O)C(C)C. The third kappa shape index (κ3) is 3.81. The standard InChI is InChI=1S/C18H25N3O4/c1-11(2)19(13(4)22)10-16-7-6-15-8-12(3)17(21(24)25)9-18(15)20(16)14(5)23/h8-9,11,16H,6-7,10H2,1-5H3. The molecule has 0 fully saturated rings. The van der Waals surface area contributed by atoms with Gasteiger partial charge in [-0.2, -0.15) is 0 Å². The fourth-order valence-electron chi connectivity index (χ4n) is 3.54. The van der Waals surface area contributed by atoms with Crippen molar-refractivity contribution in [1.29, 1.82) is 0 Å². The van der Waals surface area contributed by atoms with Crippen LogP contribution in [0.5, 0.6) is 0 Å². The molecule has 0 N–H and O–H groups in total. The maximum absolute atomic E-state index is 12.3. The lowest BCUT2D eigenvalue weighted by Crippen LogP contribution is -2.51. The van der Waals surface area contributed by atoms with Crippen LogP contribution in [0.3, 0.4) is 0 Å². The first-order chi connectivity index (χ1) is 11.6. The molecule has 1 aromatic carbocycles. The number of carbonyl (C=O) groups is 2. The van der Waals surface area contributed by atoms with Crippen LogP contribution >= 0.6 is 0 Å². The van der Waals surface area contributed by atoms with Crippen molar-refractivity contribution in [3.8, 4) is 0 Å². The molecule has 7 heteroatoms. The molecular formula is C18H25N3O4. The predicted octanol–water partition coefficient (Wildman–Crippen LogP) is 2.83. The van der Waals surface area contributed by atoms with Gasteiger partial charge in [-0.3, -0.25) is 19.7 Å². The molecule has 1 aromatic rings. The highest BCUT2D eigenvalue weighted by molar-refractivity contribution is 5.94. The Balaban J connectivity index is 2.45. The van der Waals surface area contributed by atoms with Gasteiger partial charge in [-0.05, 0) is 45.2 Å². The van der Waals surface area contributed by atoms with Gasteiger partial charge in [-0.1, -0.05) is 0 Å². The van der Waals surface area contributed by atoms with Crippen LogP contribution in [0.4, 0.5) is 11.4 Å². The summed E-state index contributed by atoms with van der Waals surface area (Å²) < 4.78 is 0. The lowest BCUT2D eigenvalue weighted by molar-refractivity contribution is -0.385. The summed E-state index contributed by atoms with van der Waals surface area (Å²) in [5.41, 5.74) is 2.14. The number of amides is 2. The minimum absolute atomic E-state index is 0.0120. The van der Waals surface area contributed by atoms with Crippen LogP contribution < -0.4 is 4.90 Å². The van der Waals surface area contributed by atoms with E-state index in [1.165, 1.54) is 19.9 Å². The Hall–Kier alpha value is -2.44. The molecule has 0 saturated carbocycles. The van der Waals surface area contributed by atoms with Gasteiger partial charge in [-0.25, -0.2) is 0 Å². The van der Waals surface area contributed by atoms with E-state index in [0.29, 0.717) is 17.8 Å². The van der Waals surface area contributed by atoms with Gasteiger partial charge in [0.25, 0.3) is 5.69 Å². The molecule has 1 heterocycles. The summed E-state index contributed by atoms with van der Waals surface area (Å²) in [5, 5.41) is 11.3. The van der Waals surface area contributed by atoms with Gasteiger partial charge < -0.3 is 9.80 Å². The summed E-state index contributed by atoms with van der Waals surface area (Å²) in [7, 11) is 0. The second kappa shape index (κ2) is 7.21. The van der Waals surface area contributed by atoms with Crippen molar-refractivity contribution in [2.45, 2.75) is 59.5 Å². The Morgan fingerprint density at radius 2 is 2.00 bits per heavy atom. The Morgan fingerprint density at radius 3 is 2.48 bits per heavy atom. The third-order valence-electron chi connectivity index (χ3n) is 4.74. The van der Waals surface area contributed by atoms with E-state index in [9.17, 15) is 19.7 Å². The van der Waals surface area contributed by atoms with E-state index in [0.717, 1.165) is 18.4 Å². The van der Waals surface area contributed by atoms with Crippen LogP contribution in [0.15, 0.2) is 12.1 Å². The van der Waals surface area contributed by atoms with E-state index in [-0.39, 0.29) is 29.6 Å². The van der Waals surface area contributed by atoms with Crippen molar-refractivity contribution in [1.82, 2.24) is 4.90 Å². The summed E-state index contributed by atoms with van der Waals surface area (Å²) in [5.74, 6) is -0.212. The van der Waals surface area contributed by atoms with Crippen molar-refractivity contribution in [3.63, 3.8) is 0 Å². The summed E-state index contributed by atoms with van der Waals surface area (Å²) in [6, 6.07) is 3.13. The molecular weight excluding hydrogens is 322 g/mol. The molecule has 0 spiro atoms. The Labute approximate surface area is 147 Å². The van der Waals surface area contributed by atoms with Crippen molar-refractivity contribution >= 4 is 23.2 Å². The Morgan fingerprint density at radius 1 is 1.36 bits per heavy atom. The van der Waals surface area contributed by atoms with Crippen LogP contribution in [0, 0.1) is 17.0 Å². The largest absolute Gasteiger partial charge is 0.338 e. The number of rotatable bonds is 4. The zero-order valence-corrected chi connectivity index (χ0v) is 15.4. The van der Waals surface area contributed by atoms with Crippen LogP contribution in [0.25, 0.3) is 0 Å². The second-order valence-electron chi connectivity index (χ2n) is 6.87. The van der Waals surface area contributed by atoms with Crippen LogP contribution in [0.1, 0.15) is 45.2 Å².